The van der Waals surface area contributed by atoms with E-state index in [0.717, 1.165) is 25.7 Å². The zero-order valence-corrected chi connectivity index (χ0v) is 16.8. The molecule has 0 aliphatic heterocycles. The van der Waals surface area contributed by atoms with Gasteiger partial charge in [-0.2, -0.15) is 0 Å². The molecule has 0 spiro atoms. The maximum Gasteiger partial charge on any atom is 0.683 e. The van der Waals surface area contributed by atoms with Gasteiger partial charge in [0.05, 0.1) is 0 Å². The molecule has 0 aliphatic rings. The SMILES string of the molecule is CCCCOC(C)O[Si](OCC)(OCC)OC(C)OCCCC. The van der Waals surface area contributed by atoms with Gasteiger partial charge in [0, 0.05) is 26.4 Å². The first-order valence-corrected chi connectivity index (χ1v) is 10.5. The first-order valence-electron chi connectivity index (χ1n) is 8.90. The minimum absolute atomic E-state index is 0.440. The molecule has 0 aromatic heterocycles. The van der Waals surface area contributed by atoms with Crippen molar-refractivity contribution in [2.75, 3.05) is 26.4 Å². The predicted octanol–water partition coefficient (Wildman–Crippen LogP) is 3.85. The second-order valence-corrected chi connectivity index (χ2v) is 7.23. The second-order valence-electron chi connectivity index (χ2n) is 5.19. The van der Waals surface area contributed by atoms with E-state index in [1.54, 1.807) is 0 Å². The van der Waals surface area contributed by atoms with Gasteiger partial charge in [0.25, 0.3) is 0 Å². The van der Waals surface area contributed by atoms with E-state index < -0.39 is 21.6 Å². The highest BCUT2D eigenvalue weighted by molar-refractivity contribution is 6.53. The molecule has 0 heterocycles. The molecule has 0 aromatic rings. The van der Waals surface area contributed by atoms with Crippen LogP contribution < -0.4 is 0 Å². The Morgan fingerprint density at radius 1 is 0.696 bits per heavy atom. The van der Waals surface area contributed by atoms with E-state index in [1.165, 1.54) is 0 Å². The van der Waals surface area contributed by atoms with Gasteiger partial charge in [0.2, 0.25) is 0 Å². The van der Waals surface area contributed by atoms with Gasteiger partial charge in [-0.15, -0.1) is 0 Å². The van der Waals surface area contributed by atoms with Crippen LogP contribution in [0.15, 0.2) is 0 Å². The number of hydrogen-bond donors (Lipinski definition) is 0. The fraction of sp³-hybridized carbons (Fsp3) is 1.00. The van der Waals surface area contributed by atoms with Crippen molar-refractivity contribution in [3.05, 3.63) is 0 Å². The summed E-state index contributed by atoms with van der Waals surface area (Å²) in [5.41, 5.74) is 0. The lowest BCUT2D eigenvalue weighted by atomic mass is 10.4. The van der Waals surface area contributed by atoms with Gasteiger partial charge >= 0.3 is 9.05 Å². The molecular weight excluding hydrogens is 316 g/mol. The van der Waals surface area contributed by atoms with E-state index in [9.17, 15) is 0 Å². The van der Waals surface area contributed by atoms with Crippen molar-refractivity contribution in [3.63, 3.8) is 0 Å². The third-order valence-corrected chi connectivity index (χ3v) is 5.49. The maximum atomic E-state index is 5.91. The average molecular weight is 353 g/mol. The molecule has 0 saturated heterocycles. The molecule has 23 heavy (non-hydrogen) atoms. The summed E-state index contributed by atoms with van der Waals surface area (Å²) in [6.07, 6.45) is 3.23. The summed E-state index contributed by atoms with van der Waals surface area (Å²) in [7, 11) is -3.29. The Balaban J connectivity index is 4.64. The van der Waals surface area contributed by atoms with Gasteiger partial charge < -0.3 is 27.2 Å². The third kappa shape index (κ3) is 11.2. The first-order chi connectivity index (χ1) is 11.0. The first kappa shape index (κ1) is 23.0. The fourth-order valence-corrected chi connectivity index (χ4v) is 3.89. The molecule has 0 aromatic carbocycles. The molecule has 0 aliphatic carbocycles. The highest BCUT2D eigenvalue weighted by Crippen LogP contribution is 2.18. The lowest BCUT2D eigenvalue weighted by molar-refractivity contribution is -0.181. The Hall–Kier alpha value is -0.0231. The molecule has 140 valence electrons. The van der Waals surface area contributed by atoms with Gasteiger partial charge in [0.15, 0.2) is 12.6 Å². The third-order valence-electron chi connectivity index (χ3n) is 2.96. The highest BCUT2D eigenvalue weighted by atomic mass is 28.4. The van der Waals surface area contributed by atoms with Crippen LogP contribution in [0, 0.1) is 0 Å². The Kier molecular flexibility index (Phi) is 14.3. The second kappa shape index (κ2) is 14.3. The van der Waals surface area contributed by atoms with Crippen LogP contribution in [0.3, 0.4) is 0 Å². The Morgan fingerprint density at radius 3 is 1.39 bits per heavy atom. The molecule has 0 bridgehead atoms. The molecule has 0 radical (unpaired) electrons. The predicted molar refractivity (Wildman–Crippen MR) is 91.8 cm³/mol. The molecule has 0 N–H and O–H groups in total. The van der Waals surface area contributed by atoms with E-state index in [4.69, 9.17) is 27.2 Å². The summed E-state index contributed by atoms with van der Waals surface area (Å²) in [4.78, 5) is 0. The van der Waals surface area contributed by atoms with E-state index in [0.29, 0.717) is 26.4 Å². The zero-order chi connectivity index (χ0) is 17.6. The molecule has 6 nitrogen and oxygen atoms in total. The molecule has 2 unspecified atom stereocenters. The topological polar surface area (TPSA) is 55.4 Å². The van der Waals surface area contributed by atoms with Crippen molar-refractivity contribution < 1.29 is 27.2 Å². The van der Waals surface area contributed by atoms with Crippen molar-refractivity contribution in [1.82, 2.24) is 0 Å². The standard InChI is InChI=1S/C16H36O6Si/c1-7-11-13-17-15(5)21-23(19-9-3,20-10-4)22-16(6)18-14-12-8-2/h15-16H,7-14H2,1-6H3. The Labute approximate surface area is 143 Å². The summed E-state index contributed by atoms with van der Waals surface area (Å²) >= 11 is 0. The van der Waals surface area contributed by atoms with Crippen LogP contribution in [0.4, 0.5) is 0 Å². The lowest BCUT2D eigenvalue weighted by Crippen LogP contribution is -2.53. The normalized spacial score (nSPS) is 14.9. The van der Waals surface area contributed by atoms with Crippen LogP contribution in [-0.2, 0) is 27.2 Å². The van der Waals surface area contributed by atoms with Gasteiger partial charge in [-0.3, -0.25) is 0 Å². The molecule has 0 rings (SSSR count). The van der Waals surface area contributed by atoms with E-state index in [1.807, 2.05) is 27.7 Å². The van der Waals surface area contributed by atoms with E-state index >= 15 is 0 Å². The van der Waals surface area contributed by atoms with Crippen LogP contribution in [0.2, 0.25) is 0 Å². The lowest BCUT2D eigenvalue weighted by Gasteiger charge is -2.32. The van der Waals surface area contributed by atoms with Crippen LogP contribution in [0.25, 0.3) is 0 Å². The number of rotatable bonds is 16. The number of unbranched alkanes of at least 4 members (excludes halogenated alkanes) is 2. The molecule has 7 heteroatoms. The molecular formula is C16H36O6Si. The summed E-state index contributed by atoms with van der Waals surface area (Å²) in [5.74, 6) is 0. The summed E-state index contributed by atoms with van der Waals surface area (Å²) in [5, 5.41) is 0. The van der Waals surface area contributed by atoms with Crippen LogP contribution in [0.5, 0.6) is 0 Å². The van der Waals surface area contributed by atoms with Crippen LogP contribution >= 0.6 is 0 Å². The van der Waals surface area contributed by atoms with Crippen molar-refractivity contribution in [3.8, 4) is 0 Å². The van der Waals surface area contributed by atoms with Crippen LogP contribution in [0.1, 0.15) is 67.2 Å². The number of ether oxygens (including phenoxy) is 2. The summed E-state index contributed by atoms with van der Waals surface area (Å²) < 4.78 is 34.6. The minimum atomic E-state index is -3.29. The summed E-state index contributed by atoms with van der Waals surface area (Å²) in [6.45, 7) is 13.8. The maximum absolute atomic E-state index is 5.91. The van der Waals surface area contributed by atoms with Gasteiger partial charge in [-0.25, -0.2) is 0 Å². The zero-order valence-electron chi connectivity index (χ0n) is 15.8. The van der Waals surface area contributed by atoms with Crippen molar-refractivity contribution in [1.29, 1.82) is 0 Å². The fourth-order valence-electron chi connectivity index (χ4n) is 1.82. The number of hydrogen-bond acceptors (Lipinski definition) is 6. The quantitative estimate of drug-likeness (QED) is 0.239. The summed E-state index contributed by atoms with van der Waals surface area (Å²) in [6, 6.07) is 0. The highest BCUT2D eigenvalue weighted by Gasteiger charge is 2.48. The minimum Gasteiger partial charge on any atom is -0.354 e. The molecule has 0 amide bonds. The van der Waals surface area contributed by atoms with Gasteiger partial charge in [0.1, 0.15) is 0 Å². The van der Waals surface area contributed by atoms with Gasteiger partial charge in [-0.1, -0.05) is 26.7 Å². The van der Waals surface area contributed by atoms with Crippen molar-refractivity contribution in [2.24, 2.45) is 0 Å². The smallest absolute Gasteiger partial charge is 0.354 e. The van der Waals surface area contributed by atoms with Crippen LogP contribution in [-0.4, -0.2) is 48.1 Å². The molecule has 0 saturated carbocycles. The monoisotopic (exact) mass is 352 g/mol. The van der Waals surface area contributed by atoms with Crippen molar-refractivity contribution in [2.45, 2.75) is 79.8 Å². The van der Waals surface area contributed by atoms with Gasteiger partial charge in [-0.05, 0) is 40.5 Å². The molecule has 0 fully saturated rings. The van der Waals surface area contributed by atoms with E-state index in [-0.39, 0.29) is 0 Å². The van der Waals surface area contributed by atoms with Crippen molar-refractivity contribution >= 4 is 9.05 Å². The van der Waals surface area contributed by atoms with E-state index in [2.05, 4.69) is 13.8 Å². The Bertz CT molecular complexity index is 241. The largest absolute Gasteiger partial charge is 0.683 e. The average Bonchev–Trinajstić information content (AvgIpc) is 2.48. The Morgan fingerprint density at radius 2 is 1.09 bits per heavy atom. The molecule has 2 atom stereocenters.